The van der Waals surface area contributed by atoms with Gasteiger partial charge < -0.3 is 10.3 Å². The maximum atomic E-state index is 12.7. The van der Waals surface area contributed by atoms with Crippen molar-refractivity contribution in [1.29, 1.82) is 0 Å². The van der Waals surface area contributed by atoms with Crippen LogP contribution < -0.4 is 10.9 Å². The third-order valence-electron chi connectivity index (χ3n) is 4.64. The number of rotatable bonds is 6. The number of carbonyl (C=O) groups is 1. The van der Waals surface area contributed by atoms with Crippen molar-refractivity contribution in [2.24, 2.45) is 0 Å². The highest BCUT2D eigenvalue weighted by Gasteiger charge is 2.18. The number of carbonyl (C=O) groups excluding carboxylic acids is 1. The summed E-state index contributed by atoms with van der Waals surface area (Å²) in [6, 6.07) is 17.2. The van der Waals surface area contributed by atoms with Crippen LogP contribution in [0.15, 0.2) is 59.4 Å². The quantitative estimate of drug-likeness (QED) is 0.683. The fraction of sp³-hybridized carbons (Fsp3) is 0.273. The summed E-state index contributed by atoms with van der Waals surface area (Å²) in [5.74, 6) is -0.234. The summed E-state index contributed by atoms with van der Waals surface area (Å²) in [6.07, 6.45) is 2.56. The van der Waals surface area contributed by atoms with E-state index in [1.54, 1.807) is 6.07 Å². The number of nitrogens with one attached hydrogen (secondary N) is 2. The molecule has 1 aromatic heterocycles. The molecule has 0 saturated carbocycles. The van der Waals surface area contributed by atoms with E-state index < -0.39 is 0 Å². The summed E-state index contributed by atoms with van der Waals surface area (Å²) in [4.78, 5) is 27.5. The maximum absolute atomic E-state index is 12.7. The average molecular weight is 348 g/mol. The Morgan fingerprint density at radius 2 is 1.85 bits per heavy atom. The number of aromatic amines is 1. The average Bonchev–Trinajstić information content (AvgIpc) is 2.63. The Labute approximate surface area is 153 Å². The number of aryl methyl sites for hydroxylation is 1. The lowest BCUT2D eigenvalue weighted by Crippen LogP contribution is -2.20. The molecule has 1 atom stereocenters. The van der Waals surface area contributed by atoms with Crippen LogP contribution in [-0.2, 0) is 11.2 Å². The molecule has 0 spiro atoms. The van der Waals surface area contributed by atoms with Gasteiger partial charge in [0.25, 0.3) is 0 Å². The smallest absolute Gasteiger partial charge is 0.248 e. The normalized spacial score (nSPS) is 12.1. The highest BCUT2D eigenvalue weighted by molar-refractivity contribution is 5.97. The molecular weight excluding hydrogens is 324 g/mol. The zero-order chi connectivity index (χ0) is 18.5. The van der Waals surface area contributed by atoms with E-state index in [1.165, 1.54) is 0 Å². The number of pyridine rings is 1. The Bertz CT molecular complexity index is 961. The lowest BCUT2D eigenvalue weighted by molar-refractivity contribution is -0.117. The number of hydrogen-bond donors (Lipinski definition) is 2. The molecule has 0 aliphatic rings. The second-order valence-corrected chi connectivity index (χ2v) is 6.53. The molecule has 0 aliphatic heterocycles. The number of aromatic nitrogens is 1. The molecule has 1 amide bonds. The minimum atomic E-state index is -0.197. The minimum Gasteiger partial charge on any atom is -0.325 e. The van der Waals surface area contributed by atoms with Gasteiger partial charge in [-0.1, -0.05) is 56.7 Å². The molecule has 0 aliphatic carbocycles. The maximum Gasteiger partial charge on any atom is 0.248 e. The van der Waals surface area contributed by atoms with Gasteiger partial charge in [0.2, 0.25) is 11.5 Å². The van der Waals surface area contributed by atoms with Crippen LogP contribution in [0.4, 0.5) is 5.69 Å². The Hall–Kier alpha value is -2.88. The van der Waals surface area contributed by atoms with Crippen LogP contribution >= 0.6 is 0 Å². The van der Waals surface area contributed by atoms with Gasteiger partial charge in [0.05, 0.1) is 11.4 Å². The largest absolute Gasteiger partial charge is 0.325 e. The van der Waals surface area contributed by atoms with Crippen molar-refractivity contribution in [1.82, 2.24) is 4.98 Å². The number of benzene rings is 2. The van der Waals surface area contributed by atoms with E-state index in [0.717, 1.165) is 41.3 Å². The molecule has 4 nitrogen and oxygen atoms in total. The van der Waals surface area contributed by atoms with Gasteiger partial charge in [-0.25, -0.2) is 0 Å². The lowest BCUT2D eigenvalue weighted by Gasteiger charge is -2.16. The molecule has 0 radical (unpaired) electrons. The summed E-state index contributed by atoms with van der Waals surface area (Å²) < 4.78 is 0. The van der Waals surface area contributed by atoms with E-state index in [4.69, 9.17) is 0 Å². The van der Waals surface area contributed by atoms with Crippen molar-refractivity contribution in [3.8, 4) is 0 Å². The second kappa shape index (κ2) is 8.00. The highest BCUT2D eigenvalue weighted by atomic mass is 16.2. The van der Waals surface area contributed by atoms with E-state index in [1.807, 2.05) is 55.5 Å². The monoisotopic (exact) mass is 348 g/mol. The van der Waals surface area contributed by atoms with Gasteiger partial charge in [0, 0.05) is 17.1 Å². The molecule has 1 unspecified atom stereocenters. The van der Waals surface area contributed by atoms with Crippen LogP contribution in [0.3, 0.4) is 0 Å². The summed E-state index contributed by atoms with van der Waals surface area (Å²) in [7, 11) is 0. The van der Waals surface area contributed by atoms with Crippen molar-refractivity contribution in [3.05, 3.63) is 76.1 Å². The zero-order valence-electron chi connectivity index (χ0n) is 15.2. The molecule has 1 heterocycles. The summed E-state index contributed by atoms with van der Waals surface area (Å²) >= 11 is 0. The first kappa shape index (κ1) is 17.9. The van der Waals surface area contributed by atoms with Crippen LogP contribution in [0.25, 0.3) is 10.9 Å². The van der Waals surface area contributed by atoms with Crippen LogP contribution in [0.1, 0.15) is 43.7 Å². The highest BCUT2D eigenvalue weighted by Crippen LogP contribution is 2.24. The van der Waals surface area contributed by atoms with Crippen molar-refractivity contribution in [2.45, 2.75) is 39.0 Å². The van der Waals surface area contributed by atoms with Gasteiger partial charge in [-0.15, -0.1) is 0 Å². The predicted octanol–water partition coefficient (Wildman–Crippen LogP) is 4.61. The lowest BCUT2D eigenvalue weighted by atomic mass is 9.95. The van der Waals surface area contributed by atoms with Crippen LogP contribution in [0.5, 0.6) is 0 Å². The standard InChI is InChI=1S/C22H24N2O2/c1-3-8-16-13-21(25)24-20-14-17(11-12-19(16)20)23-22(26)18(4-2)15-9-6-5-7-10-15/h5-7,9-14,18H,3-4,8H2,1-2H3,(H,23,26)(H,24,25). The Morgan fingerprint density at radius 1 is 1.08 bits per heavy atom. The van der Waals surface area contributed by atoms with Gasteiger partial charge >= 0.3 is 0 Å². The first-order valence-corrected chi connectivity index (χ1v) is 9.14. The first-order valence-electron chi connectivity index (χ1n) is 9.14. The van der Waals surface area contributed by atoms with Gasteiger partial charge in [-0.3, -0.25) is 9.59 Å². The zero-order valence-corrected chi connectivity index (χ0v) is 15.2. The molecule has 0 bridgehead atoms. The van der Waals surface area contributed by atoms with E-state index in [2.05, 4.69) is 17.2 Å². The molecule has 3 aromatic rings. The van der Waals surface area contributed by atoms with Gasteiger partial charge in [-0.05, 0) is 36.1 Å². The van der Waals surface area contributed by atoms with E-state index >= 15 is 0 Å². The van der Waals surface area contributed by atoms with Crippen molar-refractivity contribution in [2.75, 3.05) is 5.32 Å². The van der Waals surface area contributed by atoms with Gasteiger partial charge in [-0.2, -0.15) is 0 Å². The fourth-order valence-corrected chi connectivity index (χ4v) is 3.37. The number of anilines is 1. The summed E-state index contributed by atoms with van der Waals surface area (Å²) in [6.45, 7) is 4.10. The van der Waals surface area contributed by atoms with E-state index in [9.17, 15) is 9.59 Å². The molecular formula is C22H24N2O2. The number of amides is 1. The molecule has 3 rings (SSSR count). The third kappa shape index (κ3) is 3.85. The van der Waals surface area contributed by atoms with Crippen molar-refractivity contribution >= 4 is 22.5 Å². The summed E-state index contributed by atoms with van der Waals surface area (Å²) in [5.41, 5.74) is 3.39. The minimum absolute atomic E-state index is 0.0369. The molecule has 134 valence electrons. The van der Waals surface area contributed by atoms with Gasteiger partial charge in [0.1, 0.15) is 0 Å². The van der Waals surface area contributed by atoms with Crippen LogP contribution in [-0.4, -0.2) is 10.9 Å². The molecule has 2 N–H and O–H groups in total. The fourth-order valence-electron chi connectivity index (χ4n) is 3.37. The Balaban J connectivity index is 1.89. The number of fused-ring (bicyclic) bond motifs is 1. The molecule has 4 heteroatoms. The van der Waals surface area contributed by atoms with Crippen molar-refractivity contribution < 1.29 is 4.79 Å². The molecule has 26 heavy (non-hydrogen) atoms. The van der Waals surface area contributed by atoms with Crippen LogP contribution in [0.2, 0.25) is 0 Å². The number of H-pyrrole nitrogens is 1. The third-order valence-corrected chi connectivity index (χ3v) is 4.64. The second-order valence-electron chi connectivity index (χ2n) is 6.53. The Morgan fingerprint density at radius 3 is 2.54 bits per heavy atom. The van der Waals surface area contributed by atoms with E-state index in [0.29, 0.717) is 5.69 Å². The predicted molar refractivity (Wildman–Crippen MR) is 107 cm³/mol. The topological polar surface area (TPSA) is 62.0 Å². The molecule has 2 aromatic carbocycles. The van der Waals surface area contributed by atoms with Crippen molar-refractivity contribution in [3.63, 3.8) is 0 Å². The van der Waals surface area contributed by atoms with Crippen LogP contribution in [0, 0.1) is 0 Å². The van der Waals surface area contributed by atoms with Gasteiger partial charge in [0.15, 0.2) is 0 Å². The number of hydrogen-bond acceptors (Lipinski definition) is 2. The van der Waals surface area contributed by atoms with E-state index in [-0.39, 0.29) is 17.4 Å². The molecule has 0 saturated heterocycles. The Kier molecular flexibility index (Phi) is 5.52. The molecule has 0 fully saturated rings. The summed E-state index contributed by atoms with van der Waals surface area (Å²) in [5, 5.41) is 4.02. The SMILES string of the molecule is CCCc1cc(=O)[nH]c2cc(NC(=O)C(CC)c3ccccc3)ccc12. The first-order chi connectivity index (χ1) is 12.6.